The summed E-state index contributed by atoms with van der Waals surface area (Å²) in [6.45, 7) is 3.02. The van der Waals surface area contributed by atoms with Crippen molar-refractivity contribution in [2.24, 2.45) is 5.14 Å². The highest BCUT2D eigenvalue weighted by Gasteiger charge is 2.19. The first-order valence-corrected chi connectivity index (χ1v) is 7.75. The van der Waals surface area contributed by atoms with E-state index in [2.05, 4.69) is 4.98 Å². The number of pyridine rings is 1. The number of aliphatic hydroxyl groups excluding tert-OH is 2. The van der Waals surface area contributed by atoms with Crippen LogP contribution in [0.25, 0.3) is 10.9 Å². The Morgan fingerprint density at radius 1 is 1.14 bits per heavy atom. The smallest absolute Gasteiger partial charge is 0.243 e. The molecule has 0 radical (unpaired) electrons. The maximum Gasteiger partial charge on any atom is 0.243 e. The molecule has 2 aromatic rings. The molecule has 2 atom stereocenters. The second kappa shape index (κ2) is 5.23. The van der Waals surface area contributed by atoms with Crippen LogP contribution in [0.5, 0.6) is 0 Å². The molecule has 7 nitrogen and oxygen atoms in total. The number of aromatic nitrogens is 1. The molecule has 0 amide bonds. The molecule has 0 saturated carbocycles. The minimum absolute atomic E-state index is 0.0850. The van der Waals surface area contributed by atoms with Gasteiger partial charge >= 0.3 is 0 Å². The summed E-state index contributed by atoms with van der Waals surface area (Å²) >= 11 is 0. The SMILES string of the molecule is CC(O)c1cc2[nH]cc(S(N)(=O)=O)c(=O)c2cc1C(C)O. The number of nitrogens with two attached hydrogens (primary N) is 1. The Morgan fingerprint density at radius 2 is 1.67 bits per heavy atom. The topological polar surface area (TPSA) is 133 Å². The molecule has 5 N–H and O–H groups in total. The number of hydrogen-bond donors (Lipinski definition) is 4. The first-order valence-electron chi connectivity index (χ1n) is 6.21. The van der Waals surface area contributed by atoms with Gasteiger partial charge in [-0.2, -0.15) is 0 Å². The fraction of sp³-hybridized carbons (Fsp3) is 0.308. The van der Waals surface area contributed by atoms with Gasteiger partial charge in [0.1, 0.15) is 4.90 Å². The summed E-state index contributed by atoms with van der Waals surface area (Å²) in [5.74, 6) is 0. The molecule has 1 aromatic heterocycles. The Kier molecular flexibility index (Phi) is 3.89. The van der Waals surface area contributed by atoms with E-state index in [4.69, 9.17) is 5.14 Å². The lowest BCUT2D eigenvalue weighted by molar-refractivity contribution is 0.175. The largest absolute Gasteiger partial charge is 0.389 e. The van der Waals surface area contributed by atoms with Crippen LogP contribution in [0.2, 0.25) is 0 Å². The number of hydrogen-bond acceptors (Lipinski definition) is 5. The zero-order chi connectivity index (χ0) is 15.9. The molecule has 0 aliphatic carbocycles. The summed E-state index contributed by atoms with van der Waals surface area (Å²) in [5.41, 5.74) is 0.420. The minimum Gasteiger partial charge on any atom is -0.389 e. The van der Waals surface area contributed by atoms with Crippen molar-refractivity contribution in [2.75, 3.05) is 0 Å². The maximum absolute atomic E-state index is 12.2. The number of H-pyrrole nitrogens is 1. The van der Waals surface area contributed by atoms with E-state index in [1.54, 1.807) is 0 Å². The van der Waals surface area contributed by atoms with Gasteiger partial charge in [-0.3, -0.25) is 4.79 Å². The van der Waals surface area contributed by atoms with E-state index in [9.17, 15) is 23.4 Å². The molecule has 21 heavy (non-hydrogen) atoms. The fourth-order valence-corrected chi connectivity index (χ4v) is 2.81. The average Bonchev–Trinajstić information content (AvgIpc) is 2.36. The molecule has 114 valence electrons. The Balaban J connectivity index is 2.90. The first kappa shape index (κ1) is 15.6. The van der Waals surface area contributed by atoms with Crippen LogP contribution < -0.4 is 10.6 Å². The second-order valence-electron chi connectivity index (χ2n) is 4.91. The Hall–Kier alpha value is -1.74. The third-order valence-corrected chi connectivity index (χ3v) is 4.17. The van der Waals surface area contributed by atoms with Crippen LogP contribution in [0.3, 0.4) is 0 Å². The number of primary sulfonamides is 1. The summed E-state index contributed by atoms with van der Waals surface area (Å²) < 4.78 is 22.7. The summed E-state index contributed by atoms with van der Waals surface area (Å²) in [7, 11) is -4.14. The Labute approximate surface area is 121 Å². The lowest BCUT2D eigenvalue weighted by atomic mass is 9.97. The van der Waals surface area contributed by atoms with E-state index in [0.717, 1.165) is 6.20 Å². The zero-order valence-corrected chi connectivity index (χ0v) is 12.3. The van der Waals surface area contributed by atoms with Gasteiger partial charge in [0.25, 0.3) is 0 Å². The monoisotopic (exact) mass is 312 g/mol. The van der Waals surface area contributed by atoms with Crippen molar-refractivity contribution in [3.63, 3.8) is 0 Å². The van der Waals surface area contributed by atoms with Gasteiger partial charge in [0.15, 0.2) is 0 Å². The molecule has 1 aromatic carbocycles. The first-order chi connectivity index (χ1) is 9.62. The number of rotatable bonds is 3. The summed E-state index contributed by atoms with van der Waals surface area (Å²) in [5, 5.41) is 24.6. The molecule has 0 aliphatic heterocycles. The van der Waals surface area contributed by atoms with Crippen molar-refractivity contribution in [1.29, 1.82) is 0 Å². The van der Waals surface area contributed by atoms with Gasteiger partial charge in [-0.05, 0) is 37.1 Å². The van der Waals surface area contributed by atoms with Crippen molar-refractivity contribution in [3.05, 3.63) is 39.7 Å². The quantitative estimate of drug-likeness (QED) is 0.646. The molecule has 0 aliphatic rings. The highest BCUT2D eigenvalue weighted by Crippen LogP contribution is 2.27. The standard InChI is InChI=1S/C13H16N2O5S/c1-6(16)8-3-10-11(4-9(8)7(2)17)15-5-12(13(10)18)21(14,19)20/h3-7,16-17H,1-2H3,(H,15,18)(H2,14,19,20). The van der Waals surface area contributed by atoms with Crippen molar-refractivity contribution in [3.8, 4) is 0 Å². The predicted octanol–water partition coefficient (Wildman–Crippen LogP) is 0.282. The number of nitrogens with one attached hydrogen (secondary N) is 1. The van der Waals surface area contributed by atoms with Crippen LogP contribution in [-0.2, 0) is 10.0 Å². The van der Waals surface area contributed by atoms with E-state index in [0.29, 0.717) is 16.6 Å². The number of fused-ring (bicyclic) bond motifs is 1. The van der Waals surface area contributed by atoms with Crippen LogP contribution >= 0.6 is 0 Å². The van der Waals surface area contributed by atoms with E-state index in [1.807, 2.05) is 0 Å². The molecule has 0 fully saturated rings. The number of sulfonamides is 1. The van der Waals surface area contributed by atoms with Gasteiger partial charge in [0.2, 0.25) is 15.5 Å². The lowest BCUT2D eigenvalue weighted by Gasteiger charge is -2.16. The van der Waals surface area contributed by atoms with Crippen LogP contribution in [0.1, 0.15) is 37.2 Å². The summed E-state index contributed by atoms with van der Waals surface area (Å²) in [6, 6.07) is 2.88. The Bertz CT molecular complexity index is 853. The van der Waals surface area contributed by atoms with Crippen molar-refractivity contribution < 1.29 is 18.6 Å². The van der Waals surface area contributed by atoms with Gasteiger partial charge in [-0.25, -0.2) is 13.6 Å². The molecule has 2 unspecified atom stereocenters. The number of aromatic amines is 1. The van der Waals surface area contributed by atoms with E-state index in [-0.39, 0.29) is 5.39 Å². The van der Waals surface area contributed by atoms with Crippen LogP contribution in [-0.4, -0.2) is 23.6 Å². The minimum atomic E-state index is -4.14. The van der Waals surface area contributed by atoms with Crippen LogP contribution in [0.4, 0.5) is 0 Å². The molecule has 1 heterocycles. The molecule has 0 saturated heterocycles. The van der Waals surface area contributed by atoms with Gasteiger partial charge in [-0.15, -0.1) is 0 Å². The summed E-state index contributed by atoms with van der Waals surface area (Å²) in [4.78, 5) is 14.3. The third kappa shape index (κ3) is 2.84. The highest BCUT2D eigenvalue weighted by atomic mass is 32.2. The number of benzene rings is 1. The van der Waals surface area contributed by atoms with Crippen LogP contribution in [0, 0.1) is 0 Å². The lowest BCUT2D eigenvalue weighted by Crippen LogP contribution is -2.22. The zero-order valence-electron chi connectivity index (χ0n) is 11.5. The molecular formula is C13H16N2O5S. The van der Waals surface area contributed by atoms with E-state index in [1.165, 1.54) is 26.0 Å². The van der Waals surface area contributed by atoms with Gasteiger partial charge in [-0.1, -0.05) is 0 Å². The highest BCUT2D eigenvalue weighted by molar-refractivity contribution is 7.89. The molecular weight excluding hydrogens is 296 g/mol. The van der Waals surface area contributed by atoms with Gasteiger partial charge < -0.3 is 15.2 Å². The van der Waals surface area contributed by atoms with Crippen LogP contribution in [0.15, 0.2) is 28.0 Å². The van der Waals surface area contributed by atoms with Crippen molar-refractivity contribution in [2.45, 2.75) is 31.0 Å². The van der Waals surface area contributed by atoms with E-state index < -0.39 is 32.6 Å². The normalized spacial score (nSPS) is 15.1. The van der Waals surface area contributed by atoms with Gasteiger partial charge in [0, 0.05) is 17.1 Å². The molecule has 0 spiro atoms. The molecule has 2 rings (SSSR count). The van der Waals surface area contributed by atoms with E-state index >= 15 is 0 Å². The predicted molar refractivity (Wildman–Crippen MR) is 77.2 cm³/mol. The van der Waals surface area contributed by atoms with Crippen molar-refractivity contribution in [1.82, 2.24) is 4.98 Å². The maximum atomic E-state index is 12.2. The van der Waals surface area contributed by atoms with Gasteiger partial charge in [0.05, 0.1) is 12.2 Å². The Morgan fingerprint density at radius 3 is 2.14 bits per heavy atom. The molecule has 8 heteroatoms. The number of aliphatic hydroxyl groups is 2. The third-order valence-electron chi connectivity index (χ3n) is 3.26. The molecule has 0 bridgehead atoms. The second-order valence-corrected chi connectivity index (χ2v) is 6.44. The summed E-state index contributed by atoms with van der Waals surface area (Å²) in [6.07, 6.45) is -0.745. The van der Waals surface area contributed by atoms with Crippen molar-refractivity contribution >= 4 is 20.9 Å². The average molecular weight is 312 g/mol. The fourth-order valence-electron chi connectivity index (χ4n) is 2.22.